The van der Waals surface area contributed by atoms with E-state index in [9.17, 15) is 4.79 Å². The number of carbonyl (C=O) groups is 1. The Labute approximate surface area is 147 Å². The zero-order valence-electron chi connectivity index (χ0n) is 16.1. The topological polar surface area (TPSA) is 68.2 Å². The lowest BCUT2D eigenvalue weighted by Crippen LogP contribution is -2.47. The van der Waals surface area contributed by atoms with Crippen LogP contribution in [0.2, 0.25) is 0 Å². The summed E-state index contributed by atoms with van der Waals surface area (Å²) in [6.07, 6.45) is 7.57. The summed E-state index contributed by atoms with van der Waals surface area (Å²) < 4.78 is 16.2. The lowest BCUT2D eigenvalue weighted by molar-refractivity contribution is -0.130. The zero-order chi connectivity index (χ0) is 18.4. The summed E-state index contributed by atoms with van der Waals surface area (Å²) in [6, 6.07) is 0.119. The van der Waals surface area contributed by atoms with Crippen LogP contribution in [0.15, 0.2) is 0 Å². The van der Waals surface area contributed by atoms with Crippen LogP contribution < -0.4 is 0 Å². The van der Waals surface area contributed by atoms with Crippen molar-refractivity contribution in [3.63, 3.8) is 0 Å². The van der Waals surface area contributed by atoms with Crippen molar-refractivity contribution in [1.82, 2.24) is 4.90 Å². The van der Waals surface area contributed by atoms with E-state index in [0.717, 1.165) is 13.5 Å². The van der Waals surface area contributed by atoms with Gasteiger partial charge in [-0.05, 0) is 33.6 Å². The molecule has 1 saturated heterocycles. The first kappa shape index (κ1) is 23.3. The molecule has 2 fully saturated rings. The standard InChI is InChI=1S/C12H21NO3.C5H12O.CH4O/c14-10-13-6-7-15-8-11(13)9-16-12-4-2-1-3-5-12;1-5(2,3)6-4;1-2/h10-12H,1-9H2;1-4H3;2H,1H3. The molecule has 1 amide bonds. The number of aliphatic hydroxyl groups is 1. The maximum atomic E-state index is 10.8. The van der Waals surface area contributed by atoms with Crippen LogP contribution in [-0.2, 0) is 19.0 Å². The third-order valence-corrected chi connectivity index (χ3v) is 4.10. The number of aliphatic hydroxyl groups excluding tert-OH is 1. The van der Waals surface area contributed by atoms with Gasteiger partial charge in [0.1, 0.15) is 0 Å². The lowest BCUT2D eigenvalue weighted by atomic mass is 9.98. The molecule has 0 aromatic rings. The van der Waals surface area contributed by atoms with Crippen LogP contribution in [0.5, 0.6) is 0 Å². The monoisotopic (exact) mass is 347 g/mol. The molecule has 24 heavy (non-hydrogen) atoms. The molecule has 6 heteroatoms. The number of hydrogen-bond acceptors (Lipinski definition) is 5. The molecule has 0 spiro atoms. The van der Waals surface area contributed by atoms with Gasteiger partial charge in [0.05, 0.1) is 37.6 Å². The fraction of sp³-hybridized carbons (Fsp3) is 0.944. The first-order chi connectivity index (χ1) is 11.5. The molecular formula is C18H37NO5. The van der Waals surface area contributed by atoms with Gasteiger partial charge in [0.2, 0.25) is 6.41 Å². The Kier molecular flexibility index (Phi) is 13.2. The molecule has 0 bridgehead atoms. The Hall–Kier alpha value is -0.690. The van der Waals surface area contributed by atoms with E-state index in [-0.39, 0.29) is 11.6 Å². The van der Waals surface area contributed by atoms with Crippen molar-refractivity contribution in [2.45, 2.75) is 70.6 Å². The molecule has 2 aliphatic rings. The number of rotatable bonds is 4. The second-order valence-corrected chi connectivity index (χ2v) is 6.98. The molecule has 1 aliphatic carbocycles. The van der Waals surface area contributed by atoms with E-state index in [4.69, 9.17) is 19.3 Å². The number of morpholine rings is 1. The third-order valence-electron chi connectivity index (χ3n) is 4.10. The Morgan fingerprint density at radius 1 is 1.21 bits per heavy atom. The van der Waals surface area contributed by atoms with Crippen molar-refractivity contribution in [3.05, 3.63) is 0 Å². The summed E-state index contributed by atoms with van der Waals surface area (Å²) in [6.45, 7) is 8.66. The highest BCUT2D eigenvalue weighted by Crippen LogP contribution is 2.21. The minimum atomic E-state index is 0.0417. The molecule has 0 aromatic heterocycles. The fourth-order valence-electron chi connectivity index (χ4n) is 2.43. The van der Waals surface area contributed by atoms with E-state index in [1.54, 1.807) is 12.0 Å². The van der Waals surface area contributed by atoms with Crippen molar-refractivity contribution in [3.8, 4) is 0 Å². The van der Waals surface area contributed by atoms with E-state index in [1.807, 2.05) is 20.8 Å². The van der Waals surface area contributed by atoms with Crippen molar-refractivity contribution in [1.29, 1.82) is 0 Å². The molecule has 1 saturated carbocycles. The van der Waals surface area contributed by atoms with E-state index >= 15 is 0 Å². The van der Waals surface area contributed by atoms with Gasteiger partial charge in [-0.1, -0.05) is 19.3 Å². The SMILES string of the molecule is CO.COC(C)(C)C.O=CN1CCOCC1COC1CCCCC1. The summed E-state index contributed by atoms with van der Waals surface area (Å²) in [7, 11) is 2.71. The molecule has 1 unspecified atom stereocenters. The van der Waals surface area contributed by atoms with Gasteiger partial charge in [-0.25, -0.2) is 0 Å². The van der Waals surface area contributed by atoms with Crippen molar-refractivity contribution in [2.24, 2.45) is 0 Å². The molecule has 0 radical (unpaired) electrons. The van der Waals surface area contributed by atoms with Crippen molar-refractivity contribution < 1.29 is 24.1 Å². The average Bonchev–Trinajstić information content (AvgIpc) is 2.62. The summed E-state index contributed by atoms with van der Waals surface area (Å²) >= 11 is 0. The molecule has 1 atom stereocenters. The van der Waals surface area contributed by atoms with Crippen molar-refractivity contribution >= 4 is 6.41 Å². The van der Waals surface area contributed by atoms with E-state index < -0.39 is 0 Å². The lowest BCUT2D eigenvalue weighted by Gasteiger charge is -2.34. The Morgan fingerprint density at radius 3 is 2.29 bits per heavy atom. The maximum Gasteiger partial charge on any atom is 0.210 e. The summed E-state index contributed by atoms with van der Waals surface area (Å²) in [5.74, 6) is 0. The molecule has 0 aromatic carbocycles. The van der Waals surface area contributed by atoms with Crippen LogP contribution >= 0.6 is 0 Å². The normalized spacial score (nSPS) is 21.9. The first-order valence-corrected chi connectivity index (χ1v) is 8.86. The van der Waals surface area contributed by atoms with Gasteiger partial charge in [-0.15, -0.1) is 0 Å². The van der Waals surface area contributed by atoms with Crippen LogP contribution in [0, 0.1) is 0 Å². The number of methoxy groups -OCH3 is 1. The van der Waals surface area contributed by atoms with Gasteiger partial charge >= 0.3 is 0 Å². The van der Waals surface area contributed by atoms with E-state index in [2.05, 4.69) is 0 Å². The Balaban J connectivity index is 0.000000563. The zero-order valence-corrected chi connectivity index (χ0v) is 16.1. The summed E-state index contributed by atoms with van der Waals surface area (Å²) in [5, 5.41) is 7.00. The van der Waals surface area contributed by atoms with Crippen LogP contribution in [0.25, 0.3) is 0 Å². The van der Waals surface area contributed by atoms with E-state index in [0.29, 0.717) is 32.5 Å². The predicted molar refractivity (Wildman–Crippen MR) is 95.1 cm³/mol. The van der Waals surface area contributed by atoms with Crippen LogP contribution in [-0.4, -0.2) is 74.7 Å². The highest BCUT2D eigenvalue weighted by atomic mass is 16.5. The molecule has 1 N–H and O–H groups in total. The minimum absolute atomic E-state index is 0.0417. The smallest absolute Gasteiger partial charge is 0.210 e. The summed E-state index contributed by atoms with van der Waals surface area (Å²) in [5.41, 5.74) is 0.0417. The van der Waals surface area contributed by atoms with Gasteiger partial charge in [-0.2, -0.15) is 0 Å². The highest BCUT2D eigenvalue weighted by Gasteiger charge is 2.23. The number of hydrogen-bond donors (Lipinski definition) is 1. The quantitative estimate of drug-likeness (QED) is 0.790. The second kappa shape index (κ2) is 13.6. The van der Waals surface area contributed by atoms with Crippen LogP contribution in [0.4, 0.5) is 0 Å². The van der Waals surface area contributed by atoms with Gasteiger partial charge < -0.3 is 24.2 Å². The van der Waals surface area contributed by atoms with Gasteiger partial charge in [0.15, 0.2) is 0 Å². The summed E-state index contributed by atoms with van der Waals surface area (Å²) in [4.78, 5) is 12.6. The average molecular weight is 347 g/mol. The van der Waals surface area contributed by atoms with Crippen molar-refractivity contribution in [2.75, 3.05) is 40.6 Å². The van der Waals surface area contributed by atoms with Gasteiger partial charge in [0.25, 0.3) is 0 Å². The first-order valence-electron chi connectivity index (χ1n) is 8.86. The number of amides is 1. The largest absolute Gasteiger partial charge is 0.400 e. The van der Waals surface area contributed by atoms with Crippen LogP contribution in [0.1, 0.15) is 52.9 Å². The Morgan fingerprint density at radius 2 is 1.79 bits per heavy atom. The number of carbonyl (C=O) groups excluding carboxylic acids is 1. The van der Waals surface area contributed by atoms with E-state index in [1.165, 1.54) is 32.1 Å². The van der Waals surface area contributed by atoms with Crippen LogP contribution in [0.3, 0.4) is 0 Å². The molecule has 2 rings (SSSR count). The van der Waals surface area contributed by atoms with Gasteiger partial charge in [0, 0.05) is 20.8 Å². The molecule has 144 valence electrons. The minimum Gasteiger partial charge on any atom is -0.400 e. The molecule has 1 heterocycles. The number of ether oxygens (including phenoxy) is 3. The Bertz CT molecular complexity index is 300. The number of nitrogens with zero attached hydrogens (tertiary/aromatic N) is 1. The molecule has 6 nitrogen and oxygen atoms in total. The van der Waals surface area contributed by atoms with Gasteiger partial charge in [-0.3, -0.25) is 4.79 Å². The highest BCUT2D eigenvalue weighted by molar-refractivity contribution is 5.48. The molecule has 1 aliphatic heterocycles. The maximum absolute atomic E-state index is 10.8. The third kappa shape index (κ3) is 11.0. The second-order valence-electron chi connectivity index (χ2n) is 6.98. The predicted octanol–water partition coefficient (Wildman–Crippen LogP) is 2.23. The fourth-order valence-corrected chi connectivity index (χ4v) is 2.43. The molecular weight excluding hydrogens is 310 g/mol.